The molecule has 1 saturated carbocycles. The van der Waals surface area contributed by atoms with Crippen LogP contribution in [0.25, 0.3) is 0 Å². The average Bonchev–Trinajstić information content (AvgIpc) is 2.34. The number of anilines is 2. The molecule has 110 valence electrons. The van der Waals surface area contributed by atoms with E-state index in [-0.39, 0.29) is 35.8 Å². The summed E-state index contributed by atoms with van der Waals surface area (Å²) in [5.41, 5.74) is 2.42. The fourth-order valence-corrected chi connectivity index (χ4v) is 2.30. The smallest absolute Gasteiger partial charge is 0.332 e. The largest absolute Gasteiger partial charge is 0.395 e. The van der Waals surface area contributed by atoms with Crippen LogP contribution < -0.4 is 16.2 Å². The van der Waals surface area contributed by atoms with Gasteiger partial charge in [0, 0.05) is 12.6 Å². The molecule has 2 rings (SSSR count). The van der Waals surface area contributed by atoms with E-state index in [1.54, 1.807) is 11.8 Å². The minimum Gasteiger partial charge on any atom is -0.395 e. The number of nitrogen functional groups attached to an aromatic ring is 1. The molecule has 9 heteroatoms. The maximum absolute atomic E-state index is 11.3. The number of nitro groups is 1. The first kappa shape index (κ1) is 14.4. The second-order valence-electron chi connectivity index (χ2n) is 4.71. The fourth-order valence-electron chi connectivity index (χ4n) is 2.30. The van der Waals surface area contributed by atoms with Crippen molar-refractivity contribution in [1.29, 1.82) is 0 Å². The lowest BCUT2D eigenvalue weighted by atomic mass is 9.91. The molecule has 1 heterocycles. The average molecular weight is 282 g/mol. The van der Waals surface area contributed by atoms with Crippen molar-refractivity contribution in [2.45, 2.75) is 32.2 Å². The Kier molecular flexibility index (Phi) is 4.30. The summed E-state index contributed by atoms with van der Waals surface area (Å²) >= 11 is 0. The van der Waals surface area contributed by atoms with Gasteiger partial charge in [0.2, 0.25) is 11.8 Å². The molecule has 1 aromatic rings. The van der Waals surface area contributed by atoms with Gasteiger partial charge in [-0.1, -0.05) is 0 Å². The molecule has 1 fully saturated rings. The highest BCUT2D eigenvalue weighted by Gasteiger charge is 2.32. The van der Waals surface area contributed by atoms with Gasteiger partial charge in [-0.05, 0) is 26.2 Å². The number of nitrogens with one attached hydrogen (secondary N) is 1. The molecule has 9 nitrogen and oxygen atoms in total. The van der Waals surface area contributed by atoms with E-state index in [1.807, 2.05) is 0 Å². The van der Waals surface area contributed by atoms with Gasteiger partial charge in [0.25, 0.3) is 0 Å². The molecule has 1 aliphatic carbocycles. The van der Waals surface area contributed by atoms with E-state index in [0.717, 1.165) is 19.3 Å². The van der Waals surface area contributed by atoms with Crippen LogP contribution in [-0.4, -0.2) is 39.2 Å². The summed E-state index contributed by atoms with van der Waals surface area (Å²) in [5.74, 6) is 5.64. The van der Waals surface area contributed by atoms with Gasteiger partial charge in [-0.25, -0.2) is 10.8 Å². The molecule has 0 aliphatic heterocycles. The highest BCUT2D eigenvalue weighted by Crippen LogP contribution is 2.35. The number of nitrogens with zero attached hydrogens (tertiary/aromatic N) is 4. The lowest BCUT2D eigenvalue weighted by Crippen LogP contribution is -2.43. The summed E-state index contributed by atoms with van der Waals surface area (Å²) in [6.07, 6.45) is 2.95. The van der Waals surface area contributed by atoms with Crippen molar-refractivity contribution in [3.63, 3.8) is 0 Å². The molecule has 1 aliphatic rings. The first-order valence-electron chi connectivity index (χ1n) is 6.45. The third-order valence-corrected chi connectivity index (χ3v) is 3.48. The second-order valence-corrected chi connectivity index (χ2v) is 4.71. The van der Waals surface area contributed by atoms with E-state index >= 15 is 0 Å². The van der Waals surface area contributed by atoms with Crippen molar-refractivity contribution in [3.8, 4) is 0 Å². The van der Waals surface area contributed by atoms with Crippen LogP contribution in [0.1, 0.15) is 25.0 Å². The molecule has 0 bridgehead atoms. The van der Waals surface area contributed by atoms with Crippen LogP contribution in [0.4, 0.5) is 17.5 Å². The molecule has 0 saturated heterocycles. The Morgan fingerprint density at radius 1 is 1.55 bits per heavy atom. The van der Waals surface area contributed by atoms with Crippen LogP contribution >= 0.6 is 0 Å². The third-order valence-electron chi connectivity index (χ3n) is 3.48. The second kappa shape index (κ2) is 5.97. The summed E-state index contributed by atoms with van der Waals surface area (Å²) in [5, 5.41) is 20.5. The molecule has 20 heavy (non-hydrogen) atoms. The number of aromatic nitrogens is 2. The molecule has 0 aromatic carbocycles. The molecular formula is C11H18N6O3. The summed E-state index contributed by atoms with van der Waals surface area (Å²) < 4.78 is 0. The van der Waals surface area contributed by atoms with Crippen molar-refractivity contribution in [3.05, 3.63) is 15.8 Å². The molecule has 0 amide bonds. The fraction of sp³-hybridized carbons (Fsp3) is 0.636. The molecule has 0 unspecified atom stereocenters. The van der Waals surface area contributed by atoms with Gasteiger partial charge in [0.05, 0.1) is 11.5 Å². The highest BCUT2D eigenvalue weighted by atomic mass is 16.6. The van der Waals surface area contributed by atoms with Gasteiger partial charge in [0.15, 0.2) is 0 Å². The van der Waals surface area contributed by atoms with E-state index in [9.17, 15) is 15.2 Å². The van der Waals surface area contributed by atoms with Gasteiger partial charge in [-0.3, -0.25) is 15.5 Å². The van der Waals surface area contributed by atoms with Gasteiger partial charge >= 0.3 is 5.69 Å². The number of nitrogens with two attached hydrogens (primary N) is 1. The number of aliphatic hydroxyl groups excluding tert-OH is 1. The normalized spacial score (nSPS) is 14.8. The van der Waals surface area contributed by atoms with Crippen molar-refractivity contribution < 1.29 is 10.0 Å². The van der Waals surface area contributed by atoms with Crippen molar-refractivity contribution in [2.75, 3.05) is 23.5 Å². The van der Waals surface area contributed by atoms with Gasteiger partial charge in [0.1, 0.15) is 5.69 Å². The van der Waals surface area contributed by atoms with Crippen molar-refractivity contribution in [2.24, 2.45) is 5.84 Å². The Morgan fingerprint density at radius 2 is 2.25 bits per heavy atom. The molecule has 0 spiro atoms. The number of aryl methyl sites for hydroxylation is 1. The highest BCUT2D eigenvalue weighted by molar-refractivity contribution is 5.63. The van der Waals surface area contributed by atoms with Gasteiger partial charge in [-0.2, -0.15) is 4.98 Å². The van der Waals surface area contributed by atoms with Crippen LogP contribution in [0.15, 0.2) is 0 Å². The minimum atomic E-state index is -0.492. The summed E-state index contributed by atoms with van der Waals surface area (Å²) in [6.45, 7) is 1.75. The zero-order valence-corrected chi connectivity index (χ0v) is 11.2. The Balaban J connectivity index is 2.49. The summed E-state index contributed by atoms with van der Waals surface area (Å²) in [7, 11) is 0. The lowest BCUT2D eigenvalue weighted by molar-refractivity contribution is -0.385. The van der Waals surface area contributed by atoms with Crippen molar-refractivity contribution >= 4 is 17.5 Å². The maximum atomic E-state index is 11.3. The molecular weight excluding hydrogens is 264 g/mol. The maximum Gasteiger partial charge on any atom is 0.332 e. The number of rotatable bonds is 6. The quantitative estimate of drug-likeness (QED) is 0.386. The Labute approximate surface area is 115 Å². The van der Waals surface area contributed by atoms with E-state index < -0.39 is 4.92 Å². The Hall–Kier alpha value is -2.00. The first-order valence-corrected chi connectivity index (χ1v) is 6.45. The summed E-state index contributed by atoms with van der Waals surface area (Å²) in [6, 6.07) is 0.167. The lowest BCUT2D eigenvalue weighted by Gasteiger charge is -2.37. The van der Waals surface area contributed by atoms with Crippen LogP contribution in [0.2, 0.25) is 0 Å². The van der Waals surface area contributed by atoms with E-state index in [0.29, 0.717) is 6.54 Å². The van der Waals surface area contributed by atoms with Gasteiger partial charge < -0.3 is 10.0 Å². The van der Waals surface area contributed by atoms with Crippen LogP contribution in [-0.2, 0) is 0 Å². The Bertz CT molecular complexity index is 505. The van der Waals surface area contributed by atoms with Gasteiger partial charge in [-0.15, -0.1) is 0 Å². The van der Waals surface area contributed by atoms with E-state index in [1.165, 1.54) is 0 Å². The van der Waals surface area contributed by atoms with E-state index in [4.69, 9.17) is 5.84 Å². The summed E-state index contributed by atoms with van der Waals surface area (Å²) in [4.78, 5) is 20.6. The predicted molar refractivity (Wildman–Crippen MR) is 73.3 cm³/mol. The number of hydrazine groups is 1. The van der Waals surface area contributed by atoms with Crippen LogP contribution in [0, 0.1) is 17.0 Å². The van der Waals surface area contributed by atoms with E-state index in [2.05, 4.69) is 15.4 Å². The number of aliphatic hydroxyl groups is 1. The molecule has 4 N–H and O–H groups in total. The monoisotopic (exact) mass is 282 g/mol. The topological polar surface area (TPSA) is 130 Å². The van der Waals surface area contributed by atoms with Crippen LogP contribution in [0.5, 0.6) is 0 Å². The zero-order chi connectivity index (χ0) is 14.7. The number of hydrogen-bond donors (Lipinski definition) is 3. The molecule has 0 atom stereocenters. The third kappa shape index (κ3) is 2.63. The van der Waals surface area contributed by atoms with Crippen molar-refractivity contribution in [1.82, 2.24) is 9.97 Å². The standard InChI is InChI=1S/C11H18N6O3/c1-7-9(17(19)20)10(14-11(13-7)15-12)16(5-6-18)8-3-2-4-8/h8,18H,2-6,12H2,1H3,(H,13,14,15). The van der Waals surface area contributed by atoms with Crippen LogP contribution in [0.3, 0.4) is 0 Å². The zero-order valence-electron chi connectivity index (χ0n) is 11.2. The molecule has 0 radical (unpaired) electrons. The number of hydrogen-bond acceptors (Lipinski definition) is 8. The molecule has 1 aromatic heterocycles. The predicted octanol–water partition coefficient (Wildman–Crippen LogP) is 0.330. The Morgan fingerprint density at radius 3 is 2.70 bits per heavy atom. The SMILES string of the molecule is Cc1nc(NN)nc(N(CCO)C2CCC2)c1[N+](=O)[O-]. The first-order chi connectivity index (χ1) is 9.58. The minimum absolute atomic E-state index is 0.0951.